The Balaban J connectivity index is 1.12. The highest BCUT2D eigenvalue weighted by molar-refractivity contribution is 5.91. The fourth-order valence-corrected chi connectivity index (χ4v) is 7.64. The number of alkyl carbamates (subject to hydrolysis) is 2. The standard InChI is InChI=1S/C37H43N5O9/c1-5-23-24-17-22(49-36(47)41-15-11-21(12-16-41)40-13-7-6-8-14-40)9-10-28(24)38-30-26(23)19-42-29(30)18-25-27(32(42)43)20-48-33(44)31(25)50-34(45)39-35(46)51-37(2,3)4/h9-10,17-18,21,31H,5-8,11-16,19-20H2,1-4H3,(H,39,45,46)/t31-/m0/s1. The third-order valence-corrected chi connectivity index (χ3v) is 10.0. The van der Waals surface area contributed by atoms with Crippen LogP contribution < -0.4 is 15.6 Å². The number of cyclic esters (lactones) is 1. The van der Waals surface area contributed by atoms with Crippen LogP contribution in [0.5, 0.6) is 5.75 Å². The van der Waals surface area contributed by atoms with Gasteiger partial charge in [0.2, 0.25) is 6.10 Å². The quantitative estimate of drug-likeness (QED) is 0.220. The Kier molecular flexibility index (Phi) is 9.21. The summed E-state index contributed by atoms with van der Waals surface area (Å²) in [5.41, 5.74) is 2.52. The van der Waals surface area contributed by atoms with Crippen LogP contribution in [0.4, 0.5) is 14.4 Å². The Morgan fingerprint density at radius 2 is 1.73 bits per heavy atom. The van der Waals surface area contributed by atoms with Crippen molar-refractivity contribution in [2.75, 3.05) is 26.2 Å². The summed E-state index contributed by atoms with van der Waals surface area (Å²) in [5.74, 6) is -0.455. The molecule has 2 saturated heterocycles. The molecule has 0 saturated carbocycles. The van der Waals surface area contributed by atoms with E-state index in [0.717, 1.165) is 42.4 Å². The van der Waals surface area contributed by atoms with Crippen LogP contribution in [0.2, 0.25) is 0 Å². The molecule has 0 aliphatic carbocycles. The molecule has 0 unspecified atom stereocenters. The zero-order chi connectivity index (χ0) is 36.0. The molecule has 1 N–H and O–H groups in total. The number of imide groups is 1. The summed E-state index contributed by atoms with van der Waals surface area (Å²) in [7, 11) is 0. The highest BCUT2D eigenvalue weighted by Crippen LogP contribution is 2.39. The van der Waals surface area contributed by atoms with Crippen LogP contribution in [0.15, 0.2) is 29.1 Å². The van der Waals surface area contributed by atoms with Crippen molar-refractivity contribution < 1.29 is 38.1 Å². The Hall–Kier alpha value is -4.98. The molecule has 3 aromatic rings. The monoisotopic (exact) mass is 701 g/mol. The van der Waals surface area contributed by atoms with Crippen molar-refractivity contribution >= 4 is 35.2 Å². The number of fused-ring (bicyclic) bond motifs is 5. The van der Waals surface area contributed by atoms with Gasteiger partial charge in [0.05, 0.1) is 29.0 Å². The molecule has 14 nitrogen and oxygen atoms in total. The molecule has 14 heteroatoms. The number of rotatable bonds is 4. The molecule has 270 valence electrons. The average Bonchev–Trinajstić information content (AvgIpc) is 3.46. The normalized spacial score (nSPS) is 19.1. The maximum atomic E-state index is 13.8. The van der Waals surface area contributed by atoms with Crippen LogP contribution in [0, 0.1) is 0 Å². The van der Waals surface area contributed by atoms with Crippen LogP contribution in [-0.2, 0) is 38.6 Å². The molecule has 4 aliphatic heterocycles. The summed E-state index contributed by atoms with van der Waals surface area (Å²) in [6.07, 6.45) is 2.07. The number of nitrogens with zero attached hydrogens (tertiary/aromatic N) is 4. The molecule has 2 fully saturated rings. The number of pyridine rings is 2. The highest BCUT2D eigenvalue weighted by atomic mass is 16.6. The Bertz CT molecular complexity index is 1970. The fraction of sp³-hybridized carbons (Fsp3) is 0.514. The molecule has 6 heterocycles. The van der Waals surface area contributed by atoms with Crippen molar-refractivity contribution in [2.24, 2.45) is 0 Å². The van der Waals surface area contributed by atoms with Gasteiger partial charge in [0.15, 0.2) is 0 Å². The van der Waals surface area contributed by atoms with Crippen LogP contribution in [-0.4, -0.2) is 81.4 Å². The van der Waals surface area contributed by atoms with Crippen molar-refractivity contribution in [2.45, 2.75) is 97.1 Å². The van der Waals surface area contributed by atoms with E-state index in [4.69, 9.17) is 23.9 Å². The number of hydrogen-bond acceptors (Lipinski definition) is 11. The van der Waals surface area contributed by atoms with Crippen LogP contribution in [0.1, 0.15) is 88.2 Å². The van der Waals surface area contributed by atoms with Gasteiger partial charge in [-0.1, -0.05) is 13.3 Å². The molecule has 2 aromatic heterocycles. The van der Waals surface area contributed by atoms with Crippen molar-refractivity contribution in [1.82, 2.24) is 24.7 Å². The van der Waals surface area contributed by atoms with Gasteiger partial charge in [-0.05, 0) is 95.8 Å². The maximum Gasteiger partial charge on any atom is 0.417 e. The number of aryl methyl sites for hydroxylation is 1. The van der Waals surface area contributed by atoms with Gasteiger partial charge in [-0.15, -0.1) is 0 Å². The number of ether oxygens (including phenoxy) is 4. The molecule has 1 aromatic carbocycles. The number of carbonyl (C=O) groups excluding carboxylic acids is 4. The molecule has 0 radical (unpaired) electrons. The second-order valence-electron chi connectivity index (χ2n) is 14.5. The van der Waals surface area contributed by atoms with E-state index in [0.29, 0.717) is 48.2 Å². The highest BCUT2D eigenvalue weighted by Gasteiger charge is 2.38. The lowest BCUT2D eigenvalue weighted by Crippen LogP contribution is -2.48. The Morgan fingerprint density at radius 1 is 0.980 bits per heavy atom. The minimum atomic E-state index is -1.59. The van der Waals surface area contributed by atoms with E-state index in [1.54, 1.807) is 48.4 Å². The number of likely N-dealkylation sites (tertiary alicyclic amines) is 2. The number of piperidine rings is 2. The van der Waals surface area contributed by atoms with E-state index in [2.05, 4.69) is 4.90 Å². The Labute approximate surface area is 295 Å². The summed E-state index contributed by atoms with van der Waals surface area (Å²) in [6, 6.07) is 7.49. The number of amides is 3. The van der Waals surface area contributed by atoms with Crippen molar-refractivity contribution in [3.8, 4) is 17.1 Å². The zero-order valence-corrected chi connectivity index (χ0v) is 29.4. The van der Waals surface area contributed by atoms with Gasteiger partial charge in [-0.3, -0.25) is 4.79 Å². The van der Waals surface area contributed by atoms with Crippen LogP contribution in [0.3, 0.4) is 0 Å². The molecule has 0 spiro atoms. The summed E-state index contributed by atoms with van der Waals surface area (Å²) in [6.45, 7) is 10.5. The van der Waals surface area contributed by atoms with E-state index in [-0.39, 0.29) is 30.4 Å². The number of carbonyl (C=O) groups is 4. The molecule has 1 atom stereocenters. The summed E-state index contributed by atoms with van der Waals surface area (Å²) in [5, 5.41) is 2.75. The predicted octanol–water partition coefficient (Wildman–Crippen LogP) is 5.20. The van der Waals surface area contributed by atoms with Gasteiger partial charge in [0, 0.05) is 35.6 Å². The third kappa shape index (κ3) is 6.88. The van der Waals surface area contributed by atoms with Crippen molar-refractivity contribution in [3.05, 3.63) is 56.9 Å². The van der Waals surface area contributed by atoms with Crippen molar-refractivity contribution in [1.29, 1.82) is 0 Å². The first kappa shape index (κ1) is 34.5. The lowest BCUT2D eigenvalue weighted by atomic mass is 9.97. The first-order valence-corrected chi connectivity index (χ1v) is 17.7. The van der Waals surface area contributed by atoms with Gasteiger partial charge < -0.3 is 33.3 Å². The van der Waals surface area contributed by atoms with E-state index < -0.39 is 35.4 Å². The fourth-order valence-electron chi connectivity index (χ4n) is 7.64. The lowest BCUT2D eigenvalue weighted by molar-refractivity contribution is -0.157. The number of aromatic nitrogens is 2. The number of nitrogens with one attached hydrogen (secondary N) is 1. The second kappa shape index (κ2) is 13.6. The SMILES string of the molecule is CCc1c2c(nc3ccc(OC(=O)N4CCC(N5CCCCC5)CC4)cc13)-c1cc3c(c(=O)n1C2)COC(=O)[C@H]3OC(=O)NC(=O)OC(C)(C)C. The van der Waals surface area contributed by atoms with Crippen LogP contribution >= 0.6 is 0 Å². The molecule has 51 heavy (non-hydrogen) atoms. The van der Waals surface area contributed by atoms with Gasteiger partial charge >= 0.3 is 24.2 Å². The molecule has 0 bridgehead atoms. The topological polar surface area (TPSA) is 159 Å². The summed E-state index contributed by atoms with van der Waals surface area (Å²) in [4.78, 5) is 73.8. The molecular formula is C37H43N5O9. The largest absolute Gasteiger partial charge is 0.458 e. The first-order valence-electron chi connectivity index (χ1n) is 17.7. The van der Waals surface area contributed by atoms with Gasteiger partial charge in [0.25, 0.3) is 5.56 Å². The average molecular weight is 702 g/mol. The van der Waals surface area contributed by atoms with E-state index >= 15 is 0 Å². The van der Waals surface area contributed by atoms with Gasteiger partial charge in [0.1, 0.15) is 18.0 Å². The molecular weight excluding hydrogens is 658 g/mol. The number of benzene rings is 1. The predicted molar refractivity (Wildman–Crippen MR) is 184 cm³/mol. The molecule has 7 rings (SSSR count). The number of esters is 1. The number of hydrogen-bond donors (Lipinski definition) is 1. The summed E-state index contributed by atoms with van der Waals surface area (Å²) < 4.78 is 23.1. The van der Waals surface area contributed by atoms with E-state index in [9.17, 15) is 24.0 Å². The Morgan fingerprint density at radius 3 is 2.43 bits per heavy atom. The minimum absolute atomic E-state index is 0.164. The molecule has 3 amide bonds. The maximum absolute atomic E-state index is 13.8. The van der Waals surface area contributed by atoms with Gasteiger partial charge in [-0.2, -0.15) is 0 Å². The van der Waals surface area contributed by atoms with Crippen LogP contribution in [0.25, 0.3) is 22.3 Å². The zero-order valence-electron chi connectivity index (χ0n) is 29.4. The van der Waals surface area contributed by atoms with Crippen molar-refractivity contribution in [3.63, 3.8) is 0 Å². The van der Waals surface area contributed by atoms with E-state index in [1.165, 1.54) is 19.3 Å². The second-order valence-corrected chi connectivity index (χ2v) is 14.5. The first-order chi connectivity index (χ1) is 24.4. The lowest BCUT2D eigenvalue weighted by Gasteiger charge is -2.39. The molecule has 4 aliphatic rings. The van der Waals surface area contributed by atoms with Gasteiger partial charge in [-0.25, -0.2) is 29.5 Å². The summed E-state index contributed by atoms with van der Waals surface area (Å²) >= 11 is 0. The minimum Gasteiger partial charge on any atom is -0.458 e. The third-order valence-electron chi connectivity index (χ3n) is 10.0. The van der Waals surface area contributed by atoms with E-state index in [1.807, 2.05) is 18.3 Å². The smallest absolute Gasteiger partial charge is 0.417 e.